The minimum Gasteiger partial charge on any atom is -0.325 e. The summed E-state index contributed by atoms with van der Waals surface area (Å²) in [5.41, 5.74) is 1.24. The molecule has 27 heavy (non-hydrogen) atoms. The molecule has 2 aromatic rings. The van der Waals surface area contributed by atoms with Gasteiger partial charge >= 0.3 is 0 Å². The molecule has 0 saturated carbocycles. The fraction of sp³-hybridized carbons (Fsp3) is 0.0556. The number of nitrogens with zero attached hydrogens (tertiary/aromatic N) is 2. The van der Waals surface area contributed by atoms with E-state index in [1.807, 2.05) is 6.07 Å². The molecular weight excluding hydrogens is 386 g/mol. The molecule has 2 aromatic carbocycles. The van der Waals surface area contributed by atoms with Crippen LogP contribution in [0.2, 0.25) is 0 Å². The highest BCUT2D eigenvalue weighted by Crippen LogP contribution is 2.32. The van der Waals surface area contributed by atoms with Crippen LogP contribution in [-0.2, 0) is 9.59 Å². The molecule has 7 nitrogen and oxygen atoms in total. The van der Waals surface area contributed by atoms with Crippen LogP contribution in [0.3, 0.4) is 0 Å². The van der Waals surface area contributed by atoms with Crippen molar-refractivity contribution in [2.75, 3.05) is 11.9 Å². The van der Waals surface area contributed by atoms with Crippen LogP contribution in [0.1, 0.15) is 5.56 Å². The number of para-hydroxylation sites is 1. The van der Waals surface area contributed by atoms with Crippen LogP contribution in [0.15, 0.2) is 59.5 Å². The Labute approximate surface area is 164 Å². The van der Waals surface area contributed by atoms with Crippen molar-refractivity contribution >= 4 is 57.6 Å². The molecule has 0 bridgehead atoms. The number of anilines is 1. The zero-order valence-corrected chi connectivity index (χ0v) is 15.5. The van der Waals surface area contributed by atoms with Crippen molar-refractivity contribution in [3.8, 4) is 0 Å². The van der Waals surface area contributed by atoms with Gasteiger partial charge in [-0.25, -0.2) is 0 Å². The molecular formula is C18H13N3O4S2. The summed E-state index contributed by atoms with van der Waals surface area (Å²) in [7, 11) is 0. The highest BCUT2D eigenvalue weighted by molar-refractivity contribution is 8.26. The fourth-order valence-corrected chi connectivity index (χ4v) is 3.60. The Balaban J connectivity index is 1.69. The number of nitro groups is 1. The van der Waals surface area contributed by atoms with E-state index in [0.717, 1.165) is 11.8 Å². The van der Waals surface area contributed by atoms with Crippen LogP contribution in [0.4, 0.5) is 11.4 Å². The third kappa shape index (κ3) is 4.57. The van der Waals surface area contributed by atoms with Crippen molar-refractivity contribution in [3.05, 3.63) is 75.2 Å². The molecule has 1 saturated heterocycles. The maximum absolute atomic E-state index is 12.5. The molecule has 1 aliphatic rings. The van der Waals surface area contributed by atoms with Gasteiger partial charge in [-0.15, -0.1) is 0 Å². The number of hydrogen-bond acceptors (Lipinski definition) is 6. The molecule has 0 aromatic heterocycles. The first-order chi connectivity index (χ1) is 12.9. The zero-order chi connectivity index (χ0) is 19.4. The Morgan fingerprint density at radius 1 is 1.19 bits per heavy atom. The number of nitrogens with one attached hydrogen (secondary N) is 1. The Bertz CT molecular complexity index is 943. The Hall–Kier alpha value is -3.04. The van der Waals surface area contributed by atoms with Crippen LogP contribution >= 0.6 is 24.0 Å². The summed E-state index contributed by atoms with van der Waals surface area (Å²) < 4.78 is 0.288. The first-order valence-corrected chi connectivity index (χ1v) is 9.01. The van der Waals surface area contributed by atoms with Crippen molar-refractivity contribution in [1.29, 1.82) is 0 Å². The molecule has 3 rings (SSSR count). The third-order valence-corrected chi connectivity index (χ3v) is 5.01. The summed E-state index contributed by atoms with van der Waals surface area (Å²) in [6, 6.07) is 14.7. The van der Waals surface area contributed by atoms with E-state index in [4.69, 9.17) is 12.2 Å². The number of rotatable bonds is 5. The summed E-state index contributed by atoms with van der Waals surface area (Å²) in [6.07, 6.45) is 1.60. The lowest BCUT2D eigenvalue weighted by atomic mass is 10.2. The molecule has 0 spiro atoms. The number of thioether (sulfide) groups is 1. The van der Waals surface area contributed by atoms with Gasteiger partial charge in [0.05, 0.1) is 9.83 Å². The minimum atomic E-state index is -0.491. The van der Waals surface area contributed by atoms with Crippen LogP contribution in [-0.4, -0.2) is 32.5 Å². The van der Waals surface area contributed by atoms with Crippen molar-refractivity contribution in [3.63, 3.8) is 0 Å². The zero-order valence-electron chi connectivity index (χ0n) is 13.8. The maximum atomic E-state index is 12.5. The minimum absolute atomic E-state index is 0.0303. The van der Waals surface area contributed by atoms with Gasteiger partial charge in [0.1, 0.15) is 10.9 Å². The Morgan fingerprint density at radius 2 is 1.85 bits per heavy atom. The number of thiocarbonyl (C=S) groups is 1. The van der Waals surface area contributed by atoms with Crippen molar-refractivity contribution in [2.24, 2.45) is 0 Å². The lowest BCUT2D eigenvalue weighted by Gasteiger charge is -2.14. The highest BCUT2D eigenvalue weighted by atomic mass is 32.2. The second-order valence-corrected chi connectivity index (χ2v) is 7.21. The summed E-state index contributed by atoms with van der Waals surface area (Å²) in [6.45, 7) is -0.183. The van der Waals surface area contributed by atoms with Gasteiger partial charge in [-0.1, -0.05) is 42.2 Å². The topological polar surface area (TPSA) is 92.5 Å². The molecule has 1 aliphatic heterocycles. The number of non-ortho nitro benzene ring substituents is 1. The molecule has 0 radical (unpaired) electrons. The molecule has 0 atom stereocenters. The summed E-state index contributed by atoms with van der Waals surface area (Å²) in [5, 5.41) is 13.4. The van der Waals surface area contributed by atoms with Crippen LogP contribution in [0, 0.1) is 10.1 Å². The lowest BCUT2D eigenvalue weighted by Crippen LogP contribution is -2.36. The van der Waals surface area contributed by atoms with Crippen molar-refractivity contribution in [2.45, 2.75) is 0 Å². The van der Waals surface area contributed by atoms with Gasteiger partial charge in [0.25, 0.3) is 11.6 Å². The van der Waals surface area contributed by atoms with Gasteiger partial charge in [0, 0.05) is 17.8 Å². The first-order valence-electron chi connectivity index (χ1n) is 7.79. The van der Waals surface area contributed by atoms with Gasteiger partial charge in [-0.2, -0.15) is 0 Å². The largest absolute Gasteiger partial charge is 0.325 e. The highest BCUT2D eigenvalue weighted by Gasteiger charge is 2.33. The number of nitro benzene ring substituents is 1. The summed E-state index contributed by atoms with van der Waals surface area (Å²) in [5.74, 6) is -0.722. The second-order valence-electron chi connectivity index (χ2n) is 5.53. The lowest BCUT2D eigenvalue weighted by molar-refractivity contribution is -0.384. The van der Waals surface area contributed by atoms with Gasteiger partial charge in [0.2, 0.25) is 5.91 Å². The number of hydrogen-bond donors (Lipinski definition) is 1. The van der Waals surface area contributed by atoms with E-state index < -0.39 is 4.92 Å². The predicted molar refractivity (Wildman–Crippen MR) is 108 cm³/mol. The summed E-state index contributed by atoms with van der Waals surface area (Å²) >= 11 is 6.30. The van der Waals surface area contributed by atoms with E-state index >= 15 is 0 Å². The van der Waals surface area contributed by atoms with E-state index in [9.17, 15) is 19.7 Å². The average Bonchev–Trinajstić information content (AvgIpc) is 2.90. The van der Waals surface area contributed by atoms with Gasteiger partial charge in [0.15, 0.2) is 0 Å². The van der Waals surface area contributed by atoms with Crippen LogP contribution in [0.5, 0.6) is 0 Å². The molecule has 1 fully saturated rings. The van der Waals surface area contributed by atoms with E-state index in [-0.39, 0.29) is 28.4 Å². The van der Waals surface area contributed by atoms with Crippen LogP contribution < -0.4 is 5.32 Å². The smallest absolute Gasteiger partial charge is 0.269 e. The number of amides is 2. The van der Waals surface area contributed by atoms with E-state index in [0.29, 0.717) is 16.2 Å². The van der Waals surface area contributed by atoms with E-state index in [2.05, 4.69) is 5.32 Å². The number of benzene rings is 2. The monoisotopic (exact) mass is 399 g/mol. The Kier molecular flexibility index (Phi) is 5.63. The first kappa shape index (κ1) is 18.7. The standard InChI is InChI=1S/C18H13N3O4S2/c22-16(19-13-4-2-1-3-5-13)11-20-17(23)15(27-18(20)26)10-12-6-8-14(9-7-12)21(24)25/h1-10H,11H2,(H,19,22)/b15-10-. The van der Waals surface area contributed by atoms with Gasteiger partial charge < -0.3 is 5.32 Å². The van der Waals surface area contributed by atoms with Crippen molar-refractivity contribution < 1.29 is 14.5 Å². The Morgan fingerprint density at radius 3 is 2.48 bits per heavy atom. The average molecular weight is 399 g/mol. The second kappa shape index (κ2) is 8.11. The van der Waals surface area contributed by atoms with E-state index in [1.54, 1.807) is 42.5 Å². The molecule has 2 amide bonds. The maximum Gasteiger partial charge on any atom is 0.269 e. The quantitative estimate of drug-likeness (QED) is 0.358. The fourth-order valence-electron chi connectivity index (χ4n) is 2.35. The normalized spacial score (nSPS) is 15.3. The molecule has 0 unspecified atom stereocenters. The summed E-state index contributed by atoms with van der Waals surface area (Å²) in [4.78, 5) is 36.5. The molecule has 136 valence electrons. The molecule has 0 aliphatic carbocycles. The third-order valence-electron chi connectivity index (χ3n) is 3.63. The van der Waals surface area contributed by atoms with Crippen molar-refractivity contribution in [1.82, 2.24) is 4.90 Å². The molecule has 1 N–H and O–H groups in total. The van der Waals surface area contributed by atoms with Crippen LogP contribution in [0.25, 0.3) is 6.08 Å². The predicted octanol–water partition coefficient (Wildman–Crippen LogP) is 3.43. The SMILES string of the molecule is O=C(CN1C(=O)/C(=C/c2ccc([N+](=O)[O-])cc2)SC1=S)Nc1ccccc1. The molecule has 1 heterocycles. The van der Waals surface area contributed by atoms with E-state index in [1.165, 1.54) is 17.0 Å². The number of carbonyl (C=O) groups is 2. The number of carbonyl (C=O) groups excluding carboxylic acids is 2. The van der Waals surface area contributed by atoms with Gasteiger partial charge in [-0.05, 0) is 35.9 Å². The van der Waals surface area contributed by atoms with Gasteiger partial charge in [-0.3, -0.25) is 24.6 Å². The molecule has 9 heteroatoms.